The molecule has 17 heavy (non-hydrogen) atoms. The number of hydrogen-bond donors (Lipinski definition) is 0. The number of para-hydroxylation sites is 1. The minimum Gasteiger partial charge on any atom is -0.478 e. The molecule has 1 heterocycles. The van der Waals surface area contributed by atoms with E-state index in [0.717, 1.165) is 25.9 Å². The van der Waals surface area contributed by atoms with E-state index >= 15 is 0 Å². The summed E-state index contributed by atoms with van der Waals surface area (Å²) in [4.78, 5) is 13.7. The van der Waals surface area contributed by atoms with E-state index in [1.165, 1.54) is 12.1 Å². The maximum Gasteiger partial charge on any atom is 0.263 e. The Balaban J connectivity index is 1.99. The number of likely N-dealkylation sites (tertiary alicyclic amines) is 1. The lowest BCUT2D eigenvalue weighted by Gasteiger charge is -2.21. The summed E-state index contributed by atoms with van der Waals surface area (Å²) >= 11 is 0. The van der Waals surface area contributed by atoms with Crippen molar-refractivity contribution in [3.63, 3.8) is 0 Å². The van der Waals surface area contributed by atoms with Gasteiger partial charge in [0.2, 0.25) is 0 Å². The fourth-order valence-electron chi connectivity index (χ4n) is 1.98. The minimum atomic E-state index is -0.634. The first-order chi connectivity index (χ1) is 8.18. The zero-order chi connectivity index (χ0) is 12.3. The Morgan fingerprint density at radius 2 is 2.00 bits per heavy atom. The van der Waals surface area contributed by atoms with Crippen molar-refractivity contribution in [1.82, 2.24) is 4.90 Å². The van der Waals surface area contributed by atoms with Gasteiger partial charge in [-0.2, -0.15) is 0 Å². The van der Waals surface area contributed by atoms with Crippen LogP contribution in [0.15, 0.2) is 24.3 Å². The van der Waals surface area contributed by atoms with Crippen molar-refractivity contribution in [3.05, 3.63) is 30.1 Å². The summed E-state index contributed by atoms with van der Waals surface area (Å²) in [5.41, 5.74) is 0. The molecule has 1 saturated heterocycles. The Bertz CT molecular complexity index is 402. The molecule has 0 unspecified atom stereocenters. The van der Waals surface area contributed by atoms with Gasteiger partial charge in [0.15, 0.2) is 17.7 Å². The number of amides is 1. The molecule has 0 N–H and O–H groups in total. The first-order valence-corrected chi connectivity index (χ1v) is 5.88. The van der Waals surface area contributed by atoms with Crippen molar-refractivity contribution in [2.45, 2.75) is 25.9 Å². The Hall–Kier alpha value is -1.58. The molecular weight excluding hydrogens is 221 g/mol. The Labute approximate surface area is 100 Å². The highest BCUT2D eigenvalue weighted by molar-refractivity contribution is 5.81. The number of halogens is 1. The molecule has 1 aliphatic rings. The van der Waals surface area contributed by atoms with Crippen LogP contribution in [0.2, 0.25) is 0 Å². The monoisotopic (exact) mass is 237 g/mol. The molecule has 1 atom stereocenters. The van der Waals surface area contributed by atoms with E-state index in [9.17, 15) is 9.18 Å². The summed E-state index contributed by atoms with van der Waals surface area (Å²) in [5, 5.41) is 0. The smallest absolute Gasteiger partial charge is 0.263 e. The van der Waals surface area contributed by atoms with Crippen LogP contribution in [0.25, 0.3) is 0 Å². The van der Waals surface area contributed by atoms with Crippen molar-refractivity contribution in [2.75, 3.05) is 13.1 Å². The molecule has 1 aliphatic heterocycles. The molecule has 0 radical (unpaired) electrons. The van der Waals surface area contributed by atoms with Gasteiger partial charge < -0.3 is 9.64 Å². The van der Waals surface area contributed by atoms with Gasteiger partial charge in [0.1, 0.15) is 0 Å². The summed E-state index contributed by atoms with van der Waals surface area (Å²) in [6.07, 6.45) is 1.45. The standard InChI is InChI=1S/C13H16FNO2/c1-10(13(16)15-8-4-5-9-15)17-12-7-3-2-6-11(12)14/h2-3,6-7,10H,4-5,8-9H2,1H3/t10-/m0/s1. The lowest BCUT2D eigenvalue weighted by Crippen LogP contribution is -2.38. The van der Waals surface area contributed by atoms with Gasteiger partial charge in [0.05, 0.1) is 0 Å². The van der Waals surface area contributed by atoms with Gasteiger partial charge in [0.25, 0.3) is 5.91 Å². The van der Waals surface area contributed by atoms with Crippen LogP contribution < -0.4 is 4.74 Å². The summed E-state index contributed by atoms with van der Waals surface area (Å²) in [6, 6.07) is 6.13. The van der Waals surface area contributed by atoms with Crippen LogP contribution in [0.3, 0.4) is 0 Å². The number of benzene rings is 1. The highest BCUT2D eigenvalue weighted by Gasteiger charge is 2.24. The maximum absolute atomic E-state index is 13.3. The van der Waals surface area contributed by atoms with Crippen LogP contribution in [0.5, 0.6) is 5.75 Å². The molecule has 3 nitrogen and oxygen atoms in total. The predicted molar refractivity (Wildman–Crippen MR) is 62.3 cm³/mol. The zero-order valence-corrected chi connectivity index (χ0v) is 9.86. The summed E-state index contributed by atoms with van der Waals surface area (Å²) < 4.78 is 18.7. The van der Waals surface area contributed by atoms with Crippen LogP contribution >= 0.6 is 0 Å². The van der Waals surface area contributed by atoms with E-state index in [2.05, 4.69) is 0 Å². The summed E-state index contributed by atoms with van der Waals surface area (Å²) in [5.74, 6) is -0.369. The number of carbonyl (C=O) groups is 1. The SMILES string of the molecule is C[C@H](Oc1ccccc1F)C(=O)N1CCCC1. The summed E-state index contributed by atoms with van der Waals surface area (Å²) in [7, 11) is 0. The molecule has 92 valence electrons. The van der Waals surface area contributed by atoms with Crippen LogP contribution in [-0.2, 0) is 4.79 Å². The Morgan fingerprint density at radius 3 is 2.65 bits per heavy atom. The zero-order valence-electron chi connectivity index (χ0n) is 9.86. The third-order valence-corrected chi connectivity index (χ3v) is 2.91. The topological polar surface area (TPSA) is 29.5 Å². The molecule has 0 aliphatic carbocycles. The number of hydrogen-bond acceptors (Lipinski definition) is 2. The Kier molecular flexibility index (Phi) is 3.61. The van der Waals surface area contributed by atoms with Crippen LogP contribution in [0, 0.1) is 5.82 Å². The average molecular weight is 237 g/mol. The van der Waals surface area contributed by atoms with Gasteiger partial charge in [-0.05, 0) is 31.9 Å². The second-order valence-electron chi connectivity index (χ2n) is 4.22. The lowest BCUT2D eigenvalue weighted by atomic mass is 10.3. The van der Waals surface area contributed by atoms with Crippen molar-refractivity contribution in [2.24, 2.45) is 0 Å². The molecule has 1 amide bonds. The molecule has 0 aromatic heterocycles. The fraction of sp³-hybridized carbons (Fsp3) is 0.462. The molecule has 1 aromatic rings. The maximum atomic E-state index is 13.3. The number of rotatable bonds is 3. The summed E-state index contributed by atoms with van der Waals surface area (Å²) in [6.45, 7) is 3.22. The molecule has 1 aromatic carbocycles. The van der Waals surface area contributed by atoms with E-state index in [1.807, 2.05) is 0 Å². The van der Waals surface area contributed by atoms with Crippen molar-refractivity contribution in [1.29, 1.82) is 0 Å². The first-order valence-electron chi connectivity index (χ1n) is 5.88. The highest BCUT2D eigenvalue weighted by Crippen LogP contribution is 2.18. The third kappa shape index (κ3) is 2.75. The molecule has 4 heteroatoms. The van der Waals surface area contributed by atoms with Gasteiger partial charge in [-0.3, -0.25) is 4.79 Å². The van der Waals surface area contributed by atoms with E-state index < -0.39 is 11.9 Å². The number of nitrogens with zero attached hydrogens (tertiary/aromatic N) is 1. The molecule has 1 fully saturated rings. The first kappa shape index (κ1) is 11.9. The van der Waals surface area contributed by atoms with Crippen molar-refractivity contribution < 1.29 is 13.9 Å². The normalized spacial score (nSPS) is 16.9. The van der Waals surface area contributed by atoms with Gasteiger partial charge >= 0.3 is 0 Å². The van der Waals surface area contributed by atoms with E-state index in [0.29, 0.717) is 0 Å². The van der Waals surface area contributed by atoms with Crippen molar-refractivity contribution in [3.8, 4) is 5.75 Å². The van der Waals surface area contributed by atoms with Gasteiger partial charge in [-0.1, -0.05) is 12.1 Å². The second kappa shape index (κ2) is 5.17. The van der Waals surface area contributed by atoms with E-state index in [-0.39, 0.29) is 11.7 Å². The largest absolute Gasteiger partial charge is 0.478 e. The Morgan fingerprint density at radius 1 is 1.35 bits per heavy atom. The van der Waals surface area contributed by atoms with Crippen LogP contribution in [0.4, 0.5) is 4.39 Å². The second-order valence-corrected chi connectivity index (χ2v) is 4.22. The predicted octanol–water partition coefficient (Wildman–Crippen LogP) is 2.22. The van der Waals surface area contributed by atoms with E-state index in [1.54, 1.807) is 24.0 Å². The average Bonchev–Trinajstić information content (AvgIpc) is 2.84. The fourth-order valence-corrected chi connectivity index (χ4v) is 1.98. The third-order valence-electron chi connectivity index (χ3n) is 2.91. The van der Waals surface area contributed by atoms with Crippen LogP contribution in [-0.4, -0.2) is 30.0 Å². The molecule has 0 spiro atoms. The highest BCUT2D eigenvalue weighted by atomic mass is 19.1. The van der Waals surface area contributed by atoms with Crippen LogP contribution in [0.1, 0.15) is 19.8 Å². The molecule has 0 bridgehead atoms. The van der Waals surface area contributed by atoms with Gasteiger partial charge in [-0.15, -0.1) is 0 Å². The number of carbonyl (C=O) groups excluding carboxylic acids is 1. The quantitative estimate of drug-likeness (QED) is 0.806. The molecular formula is C13H16FNO2. The van der Waals surface area contributed by atoms with Gasteiger partial charge in [0, 0.05) is 13.1 Å². The number of ether oxygens (including phenoxy) is 1. The van der Waals surface area contributed by atoms with Gasteiger partial charge in [-0.25, -0.2) is 4.39 Å². The molecule has 2 rings (SSSR count). The lowest BCUT2D eigenvalue weighted by molar-refractivity contribution is -0.136. The minimum absolute atomic E-state index is 0.0641. The van der Waals surface area contributed by atoms with E-state index in [4.69, 9.17) is 4.74 Å². The molecule has 0 saturated carbocycles. The van der Waals surface area contributed by atoms with Crippen molar-refractivity contribution >= 4 is 5.91 Å².